The van der Waals surface area contributed by atoms with Gasteiger partial charge >= 0.3 is 12.2 Å². The molecule has 0 bridgehead atoms. The van der Waals surface area contributed by atoms with E-state index in [4.69, 9.17) is 9.47 Å². The zero-order valence-electron chi connectivity index (χ0n) is 17.4. The van der Waals surface area contributed by atoms with Gasteiger partial charge in [-0.15, -0.1) is 0 Å². The zero-order chi connectivity index (χ0) is 21.0. The van der Waals surface area contributed by atoms with Crippen LogP contribution in [-0.2, 0) is 16.1 Å². The van der Waals surface area contributed by atoms with E-state index in [0.717, 1.165) is 5.56 Å². The predicted molar refractivity (Wildman–Crippen MR) is 107 cm³/mol. The molecule has 8 nitrogen and oxygen atoms in total. The number of benzene rings is 1. The third kappa shape index (κ3) is 5.83. The van der Waals surface area contributed by atoms with E-state index in [1.165, 1.54) is 0 Å². The van der Waals surface area contributed by atoms with Gasteiger partial charge in [0.2, 0.25) is 0 Å². The topological polar surface area (TPSA) is 82.5 Å². The van der Waals surface area contributed by atoms with Crippen molar-refractivity contribution in [1.82, 2.24) is 14.7 Å². The molecule has 8 heteroatoms. The number of nitrogens with zero attached hydrogens (tertiary/aromatic N) is 3. The number of aliphatic hydroxyl groups excluding tert-OH is 1. The molecule has 2 amide bonds. The average Bonchev–Trinajstić information content (AvgIpc) is 3.08. The number of aliphatic hydroxyl groups is 1. The van der Waals surface area contributed by atoms with Crippen LogP contribution in [0.25, 0.3) is 0 Å². The number of likely N-dealkylation sites (tertiary alicyclic amines) is 1. The van der Waals surface area contributed by atoms with Gasteiger partial charge in [-0.1, -0.05) is 30.3 Å². The smallest absolute Gasteiger partial charge is 0.410 e. The first kappa shape index (κ1) is 21.4. The lowest BCUT2D eigenvalue weighted by Gasteiger charge is -2.38. The molecule has 0 radical (unpaired) electrons. The van der Waals surface area contributed by atoms with Crippen molar-refractivity contribution >= 4 is 12.2 Å². The number of amides is 2. The van der Waals surface area contributed by atoms with Crippen molar-refractivity contribution < 1.29 is 24.2 Å². The van der Waals surface area contributed by atoms with Crippen molar-refractivity contribution in [2.45, 2.75) is 45.1 Å². The van der Waals surface area contributed by atoms with E-state index in [1.54, 1.807) is 9.80 Å². The van der Waals surface area contributed by atoms with Crippen molar-refractivity contribution in [2.24, 2.45) is 0 Å². The molecule has 3 rings (SSSR count). The number of hydrogen-bond acceptors (Lipinski definition) is 6. The summed E-state index contributed by atoms with van der Waals surface area (Å²) in [6.45, 7) is 8.74. The molecule has 160 valence electrons. The minimum absolute atomic E-state index is 0.148. The Bertz CT molecular complexity index is 698. The van der Waals surface area contributed by atoms with Crippen molar-refractivity contribution in [3.63, 3.8) is 0 Å². The van der Waals surface area contributed by atoms with Crippen molar-refractivity contribution in [1.29, 1.82) is 0 Å². The molecule has 2 saturated heterocycles. The molecule has 29 heavy (non-hydrogen) atoms. The highest BCUT2D eigenvalue weighted by Crippen LogP contribution is 2.21. The number of β-amino-alcohol motifs (C(OH)–C–C–N with tert-alkyl or cyclic N) is 1. The summed E-state index contributed by atoms with van der Waals surface area (Å²) in [7, 11) is 0. The Morgan fingerprint density at radius 1 is 1.00 bits per heavy atom. The van der Waals surface area contributed by atoms with E-state index < -0.39 is 17.8 Å². The molecule has 2 aliphatic rings. The van der Waals surface area contributed by atoms with Crippen LogP contribution in [0.4, 0.5) is 9.59 Å². The van der Waals surface area contributed by atoms with Crippen LogP contribution in [0.3, 0.4) is 0 Å². The molecule has 0 aliphatic carbocycles. The highest BCUT2D eigenvalue weighted by molar-refractivity contribution is 5.69. The third-order valence-corrected chi connectivity index (χ3v) is 5.16. The van der Waals surface area contributed by atoms with E-state index in [1.807, 2.05) is 51.1 Å². The summed E-state index contributed by atoms with van der Waals surface area (Å²) in [6.07, 6.45) is -1.35. The summed E-state index contributed by atoms with van der Waals surface area (Å²) in [6, 6.07) is 9.44. The van der Waals surface area contributed by atoms with Crippen molar-refractivity contribution in [3.05, 3.63) is 35.9 Å². The minimum Gasteiger partial charge on any atom is -0.445 e. The summed E-state index contributed by atoms with van der Waals surface area (Å²) < 4.78 is 10.8. The summed E-state index contributed by atoms with van der Waals surface area (Å²) >= 11 is 0. The highest BCUT2D eigenvalue weighted by Gasteiger charge is 2.40. The third-order valence-electron chi connectivity index (χ3n) is 5.16. The molecule has 2 aliphatic heterocycles. The Morgan fingerprint density at radius 3 is 2.28 bits per heavy atom. The van der Waals surface area contributed by atoms with E-state index in [0.29, 0.717) is 32.7 Å². The van der Waals surface area contributed by atoms with Crippen molar-refractivity contribution in [2.75, 3.05) is 39.3 Å². The zero-order valence-corrected chi connectivity index (χ0v) is 17.4. The van der Waals surface area contributed by atoms with E-state index in [2.05, 4.69) is 4.90 Å². The molecule has 2 unspecified atom stereocenters. The van der Waals surface area contributed by atoms with Gasteiger partial charge in [-0.25, -0.2) is 9.59 Å². The molecule has 0 saturated carbocycles. The van der Waals surface area contributed by atoms with Crippen LogP contribution in [0.5, 0.6) is 0 Å². The number of piperazine rings is 1. The Balaban J connectivity index is 1.45. The number of carbonyl (C=O) groups is 2. The predicted octanol–water partition coefficient (Wildman–Crippen LogP) is 1.92. The fourth-order valence-corrected chi connectivity index (χ4v) is 3.65. The van der Waals surface area contributed by atoms with E-state index >= 15 is 0 Å². The van der Waals surface area contributed by atoms with E-state index in [9.17, 15) is 14.7 Å². The van der Waals surface area contributed by atoms with Gasteiger partial charge in [-0.2, -0.15) is 0 Å². The summed E-state index contributed by atoms with van der Waals surface area (Å²) in [4.78, 5) is 30.0. The number of hydrogen-bond donors (Lipinski definition) is 1. The van der Waals surface area contributed by atoms with Crippen LogP contribution in [0, 0.1) is 0 Å². The lowest BCUT2D eigenvalue weighted by Crippen LogP contribution is -2.55. The fraction of sp³-hybridized carbons (Fsp3) is 0.619. The number of rotatable bonds is 3. The molecule has 1 aromatic carbocycles. The summed E-state index contributed by atoms with van der Waals surface area (Å²) in [5.41, 5.74) is 0.391. The Labute approximate surface area is 172 Å². The van der Waals surface area contributed by atoms with E-state index in [-0.39, 0.29) is 25.3 Å². The lowest BCUT2D eigenvalue weighted by molar-refractivity contribution is 0.0267. The average molecular weight is 405 g/mol. The monoisotopic (exact) mass is 405 g/mol. The minimum atomic E-state index is -0.626. The molecule has 0 aromatic heterocycles. The number of ether oxygens (including phenoxy) is 2. The molecular formula is C21H31N3O5. The van der Waals surface area contributed by atoms with Gasteiger partial charge in [0.1, 0.15) is 12.2 Å². The molecule has 0 spiro atoms. The SMILES string of the molecule is CC(C)(C)OC(=O)N1CC(O)C(N2CCN(C(=O)OCc3ccccc3)CC2)C1. The largest absolute Gasteiger partial charge is 0.445 e. The molecule has 2 fully saturated rings. The normalized spacial score (nSPS) is 23.2. The van der Waals surface area contributed by atoms with Gasteiger partial charge in [-0.05, 0) is 26.3 Å². The van der Waals surface area contributed by atoms with Gasteiger partial charge in [0.05, 0.1) is 18.7 Å². The van der Waals surface area contributed by atoms with Crippen LogP contribution in [-0.4, -0.2) is 89.0 Å². The van der Waals surface area contributed by atoms with Crippen molar-refractivity contribution in [3.8, 4) is 0 Å². The second-order valence-electron chi connectivity index (χ2n) is 8.58. The second-order valence-corrected chi connectivity index (χ2v) is 8.58. The van der Waals surface area contributed by atoms with Gasteiger partial charge in [0.15, 0.2) is 0 Å². The maximum atomic E-state index is 12.3. The van der Waals surface area contributed by atoms with Crippen LogP contribution in [0.1, 0.15) is 26.3 Å². The van der Waals surface area contributed by atoms with Crippen LogP contribution < -0.4 is 0 Å². The van der Waals surface area contributed by atoms with Gasteiger partial charge < -0.3 is 24.4 Å². The first-order valence-corrected chi connectivity index (χ1v) is 10.1. The van der Waals surface area contributed by atoms with Crippen LogP contribution in [0.2, 0.25) is 0 Å². The van der Waals surface area contributed by atoms with Gasteiger partial charge in [0, 0.05) is 32.7 Å². The molecule has 1 N–H and O–H groups in total. The van der Waals surface area contributed by atoms with Crippen LogP contribution >= 0.6 is 0 Å². The maximum Gasteiger partial charge on any atom is 0.410 e. The fourth-order valence-electron chi connectivity index (χ4n) is 3.65. The van der Waals surface area contributed by atoms with Crippen LogP contribution in [0.15, 0.2) is 30.3 Å². The first-order chi connectivity index (χ1) is 13.7. The molecular weight excluding hydrogens is 374 g/mol. The quantitative estimate of drug-likeness (QED) is 0.827. The summed E-state index contributed by atoms with van der Waals surface area (Å²) in [5, 5.41) is 10.4. The molecule has 2 heterocycles. The standard InChI is InChI=1S/C21H31N3O5/c1-21(2,3)29-20(27)24-13-17(18(25)14-24)22-9-11-23(12-10-22)19(26)28-15-16-7-5-4-6-8-16/h4-8,17-18,25H,9-15H2,1-3H3. The Hall–Kier alpha value is -2.32. The highest BCUT2D eigenvalue weighted by atomic mass is 16.6. The first-order valence-electron chi connectivity index (χ1n) is 10.1. The van der Waals surface area contributed by atoms with Gasteiger partial charge in [-0.3, -0.25) is 4.90 Å². The molecule has 2 atom stereocenters. The lowest BCUT2D eigenvalue weighted by atomic mass is 10.1. The molecule has 1 aromatic rings. The number of carbonyl (C=O) groups excluding carboxylic acids is 2. The second kappa shape index (κ2) is 9.00. The van der Waals surface area contributed by atoms with Gasteiger partial charge in [0.25, 0.3) is 0 Å². The Kier molecular flexibility index (Phi) is 6.64. The maximum absolute atomic E-state index is 12.3. The summed E-state index contributed by atoms with van der Waals surface area (Å²) in [5.74, 6) is 0. The Morgan fingerprint density at radius 2 is 1.66 bits per heavy atom.